The Hall–Kier alpha value is -1.75. The molecular formula is C13H20N2O3. The van der Waals surface area contributed by atoms with E-state index in [1.807, 2.05) is 13.0 Å². The van der Waals surface area contributed by atoms with Gasteiger partial charge in [0.1, 0.15) is 5.75 Å². The number of carbonyl (C=O) groups excluding carboxylic acids is 1. The molecule has 100 valence electrons. The van der Waals surface area contributed by atoms with E-state index in [4.69, 9.17) is 15.2 Å². The summed E-state index contributed by atoms with van der Waals surface area (Å²) in [5.41, 5.74) is 6.26. The second-order valence-corrected chi connectivity index (χ2v) is 4.02. The number of anilines is 1. The first-order valence-corrected chi connectivity index (χ1v) is 5.89. The van der Waals surface area contributed by atoms with Crippen LogP contribution in [0.25, 0.3) is 0 Å². The quantitative estimate of drug-likeness (QED) is 0.715. The molecule has 0 aliphatic carbocycles. The number of carbonyl (C=O) groups is 1. The van der Waals surface area contributed by atoms with Crippen LogP contribution in [-0.2, 0) is 9.53 Å². The van der Waals surface area contributed by atoms with Crippen molar-refractivity contribution in [2.45, 2.75) is 19.4 Å². The minimum Gasteiger partial charge on any atom is -0.493 e. The van der Waals surface area contributed by atoms with Gasteiger partial charge in [-0.2, -0.15) is 0 Å². The molecule has 0 saturated heterocycles. The second kappa shape index (κ2) is 7.55. The van der Waals surface area contributed by atoms with E-state index in [1.165, 1.54) is 0 Å². The van der Waals surface area contributed by atoms with Gasteiger partial charge in [-0.05, 0) is 19.1 Å². The summed E-state index contributed by atoms with van der Waals surface area (Å²) in [5.74, 6) is 0.621. The van der Waals surface area contributed by atoms with Gasteiger partial charge < -0.3 is 20.5 Å². The molecular weight excluding hydrogens is 232 g/mol. The van der Waals surface area contributed by atoms with Crippen molar-refractivity contribution in [1.29, 1.82) is 0 Å². The van der Waals surface area contributed by atoms with Crippen LogP contribution in [0, 0.1) is 0 Å². The number of nitrogens with one attached hydrogen (secondary N) is 1. The van der Waals surface area contributed by atoms with Gasteiger partial charge in [0.25, 0.3) is 0 Å². The Morgan fingerprint density at radius 3 is 2.94 bits per heavy atom. The second-order valence-electron chi connectivity index (χ2n) is 4.02. The third kappa shape index (κ3) is 5.54. The summed E-state index contributed by atoms with van der Waals surface area (Å²) in [5, 5.41) is 2.76. The molecule has 1 aromatic carbocycles. The Morgan fingerprint density at radius 1 is 1.50 bits per heavy atom. The van der Waals surface area contributed by atoms with E-state index in [-0.39, 0.29) is 12.0 Å². The number of rotatable bonds is 7. The van der Waals surface area contributed by atoms with E-state index < -0.39 is 0 Å². The Balaban J connectivity index is 2.19. The molecule has 0 aliphatic rings. The van der Waals surface area contributed by atoms with Crippen molar-refractivity contribution in [3.05, 3.63) is 24.3 Å². The number of nitrogens with two attached hydrogens (primary N) is 1. The van der Waals surface area contributed by atoms with E-state index in [1.54, 1.807) is 25.3 Å². The van der Waals surface area contributed by atoms with Crippen molar-refractivity contribution in [1.82, 2.24) is 5.32 Å². The van der Waals surface area contributed by atoms with Gasteiger partial charge in [0.05, 0.1) is 19.1 Å². The minimum absolute atomic E-state index is 0.0174. The number of hydrogen-bond donors (Lipinski definition) is 2. The maximum absolute atomic E-state index is 11.4. The third-order valence-corrected chi connectivity index (χ3v) is 2.45. The fourth-order valence-corrected chi connectivity index (χ4v) is 1.30. The van der Waals surface area contributed by atoms with Gasteiger partial charge in [0.15, 0.2) is 0 Å². The van der Waals surface area contributed by atoms with Crippen LogP contribution in [0.15, 0.2) is 24.3 Å². The summed E-state index contributed by atoms with van der Waals surface area (Å²) in [7, 11) is 1.61. The maximum atomic E-state index is 11.4. The molecule has 0 bridgehead atoms. The van der Waals surface area contributed by atoms with Crippen LogP contribution in [0.5, 0.6) is 5.75 Å². The van der Waals surface area contributed by atoms with Crippen LogP contribution in [0.1, 0.15) is 13.3 Å². The highest BCUT2D eigenvalue weighted by atomic mass is 16.5. The first-order valence-electron chi connectivity index (χ1n) is 5.89. The molecule has 1 rings (SSSR count). The predicted molar refractivity (Wildman–Crippen MR) is 70.4 cm³/mol. The average molecular weight is 252 g/mol. The lowest BCUT2D eigenvalue weighted by atomic mass is 10.3. The largest absolute Gasteiger partial charge is 0.493 e. The zero-order valence-corrected chi connectivity index (χ0v) is 10.8. The zero-order valence-electron chi connectivity index (χ0n) is 10.8. The molecule has 5 heteroatoms. The average Bonchev–Trinajstić information content (AvgIpc) is 2.36. The molecule has 0 heterocycles. The van der Waals surface area contributed by atoms with Crippen LogP contribution >= 0.6 is 0 Å². The number of amides is 1. The summed E-state index contributed by atoms with van der Waals surface area (Å²) < 4.78 is 10.4. The first kappa shape index (κ1) is 14.3. The van der Waals surface area contributed by atoms with Crippen molar-refractivity contribution < 1.29 is 14.3 Å². The number of nitrogen functional groups attached to an aromatic ring is 1. The van der Waals surface area contributed by atoms with Crippen molar-refractivity contribution in [3.63, 3.8) is 0 Å². The maximum Gasteiger partial charge on any atom is 0.223 e. The predicted octanol–water partition coefficient (Wildman–Crippen LogP) is 1.19. The first-order chi connectivity index (χ1) is 8.61. The Kier molecular flexibility index (Phi) is 6.00. The summed E-state index contributed by atoms with van der Waals surface area (Å²) in [6.45, 7) is 2.73. The fourth-order valence-electron chi connectivity index (χ4n) is 1.30. The monoisotopic (exact) mass is 252 g/mol. The van der Waals surface area contributed by atoms with Crippen LogP contribution < -0.4 is 15.8 Å². The van der Waals surface area contributed by atoms with Gasteiger partial charge >= 0.3 is 0 Å². The minimum atomic E-state index is -0.0530. The van der Waals surface area contributed by atoms with E-state index in [0.717, 1.165) is 0 Å². The van der Waals surface area contributed by atoms with Gasteiger partial charge in [-0.1, -0.05) is 6.07 Å². The van der Waals surface area contributed by atoms with Crippen LogP contribution in [0.3, 0.4) is 0 Å². The number of hydrogen-bond acceptors (Lipinski definition) is 4. The van der Waals surface area contributed by atoms with Gasteiger partial charge in [-0.15, -0.1) is 0 Å². The van der Waals surface area contributed by atoms with E-state index in [0.29, 0.717) is 31.0 Å². The molecule has 1 unspecified atom stereocenters. The molecule has 1 aromatic rings. The molecule has 0 spiro atoms. The summed E-state index contributed by atoms with van der Waals surface area (Å²) in [6, 6.07) is 7.13. The molecule has 0 radical (unpaired) electrons. The van der Waals surface area contributed by atoms with Crippen LogP contribution in [0.2, 0.25) is 0 Å². The molecule has 18 heavy (non-hydrogen) atoms. The summed E-state index contributed by atoms with van der Waals surface area (Å²) in [6.07, 6.45) is 0.328. The Bertz CT molecular complexity index is 382. The lowest BCUT2D eigenvalue weighted by molar-refractivity contribution is -0.122. The van der Waals surface area contributed by atoms with Crippen LogP contribution in [0.4, 0.5) is 5.69 Å². The van der Waals surface area contributed by atoms with E-state index >= 15 is 0 Å². The number of ether oxygens (including phenoxy) is 2. The molecule has 1 atom stereocenters. The number of benzene rings is 1. The summed E-state index contributed by atoms with van der Waals surface area (Å²) in [4.78, 5) is 11.4. The molecule has 0 aliphatic heterocycles. The lowest BCUT2D eigenvalue weighted by Gasteiger charge is -2.11. The molecule has 0 aromatic heterocycles. The SMILES string of the molecule is COC(C)CNC(=O)CCOc1cccc(N)c1. The normalized spacial score (nSPS) is 11.9. The fraction of sp³-hybridized carbons (Fsp3) is 0.462. The highest BCUT2D eigenvalue weighted by Crippen LogP contribution is 2.14. The van der Waals surface area contributed by atoms with Gasteiger partial charge in [-0.25, -0.2) is 0 Å². The van der Waals surface area contributed by atoms with E-state index in [2.05, 4.69) is 5.32 Å². The van der Waals surface area contributed by atoms with Gasteiger partial charge in [0.2, 0.25) is 5.91 Å². The molecule has 3 N–H and O–H groups in total. The van der Waals surface area contributed by atoms with E-state index in [9.17, 15) is 4.79 Å². The Labute approximate surface area is 107 Å². The highest BCUT2D eigenvalue weighted by molar-refractivity contribution is 5.76. The van der Waals surface area contributed by atoms with Crippen molar-refractivity contribution in [2.75, 3.05) is 26.0 Å². The molecule has 0 fully saturated rings. The van der Waals surface area contributed by atoms with Gasteiger partial charge in [0, 0.05) is 25.4 Å². The number of methoxy groups -OCH3 is 1. The standard InChI is InChI=1S/C13H20N2O3/c1-10(17-2)9-15-13(16)6-7-18-12-5-3-4-11(14)8-12/h3-5,8,10H,6-7,9,14H2,1-2H3,(H,15,16). The highest BCUT2D eigenvalue weighted by Gasteiger charge is 2.04. The van der Waals surface area contributed by atoms with Crippen molar-refractivity contribution in [2.24, 2.45) is 0 Å². The topological polar surface area (TPSA) is 73.6 Å². The molecule has 5 nitrogen and oxygen atoms in total. The zero-order chi connectivity index (χ0) is 13.4. The third-order valence-electron chi connectivity index (χ3n) is 2.45. The smallest absolute Gasteiger partial charge is 0.223 e. The van der Waals surface area contributed by atoms with Crippen LogP contribution in [-0.4, -0.2) is 32.3 Å². The summed E-state index contributed by atoms with van der Waals surface area (Å²) >= 11 is 0. The molecule has 1 amide bonds. The molecule has 0 saturated carbocycles. The lowest BCUT2D eigenvalue weighted by Crippen LogP contribution is -2.32. The van der Waals surface area contributed by atoms with Crippen molar-refractivity contribution in [3.8, 4) is 5.75 Å². The Morgan fingerprint density at radius 2 is 2.28 bits per heavy atom. The van der Waals surface area contributed by atoms with Crippen molar-refractivity contribution >= 4 is 11.6 Å². The van der Waals surface area contributed by atoms with Gasteiger partial charge in [-0.3, -0.25) is 4.79 Å².